The van der Waals surface area contributed by atoms with Crippen LogP contribution in [0.3, 0.4) is 0 Å². The number of thiophene rings is 1. The minimum Gasteiger partial charge on any atom is -0.376 e. The van der Waals surface area contributed by atoms with Crippen LogP contribution in [0.5, 0.6) is 0 Å². The van der Waals surface area contributed by atoms with Crippen LogP contribution in [-0.4, -0.2) is 36.2 Å². The fourth-order valence-electron chi connectivity index (χ4n) is 3.66. The van der Waals surface area contributed by atoms with Gasteiger partial charge in [0.15, 0.2) is 5.69 Å². The maximum Gasteiger partial charge on any atom is 0.278 e. The van der Waals surface area contributed by atoms with Crippen molar-refractivity contribution in [1.29, 1.82) is 0 Å². The molecule has 144 valence electrons. The summed E-state index contributed by atoms with van der Waals surface area (Å²) in [5.41, 5.74) is 2.58. The highest BCUT2D eigenvalue weighted by atomic mass is 32.1. The molecule has 7 nitrogen and oxygen atoms in total. The first-order valence-electron chi connectivity index (χ1n) is 9.40. The maximum absolute atomic E-state index is 12.9. The maximum atomic E-state index is 12.9. The summed E-state index contributed by atoms with van der Waals surface area (Å²) in [6, 6.07) is 0. The Morgan fingerprint density at radius 1 is 1.26 bits per heavy atom. The Balaban J connectivity index is 1.56. The lowest BCUT2D eigenvalue weighted by molar-refractivity contribution is 0.0858. The fourth-order valence-corrected chi connectivity index (χ4v) is 4.94. The molecule has 1 saturated heterocycles. The van der Waals surface area contributed by atoms with Crippen LogP contribution in [0.2, 0.25) is 0 Å². The quantitative estimate of drug-likeness (QED) is 0.820. The number of aryl methyl sites for hydroxylation is 2. The molecular formula is C19H23N3O4S. The molecule has 1 unspecified atom stereocenters. The Labute approximate surface area is 161 Å². The van der Waals surface area contributed by atoms with Gasteiger partial charge in [-0.15, -0.1) is 11.3 Å². The van der Waals surface area contributed by atoms with E-state index in [1.54, 1.807) is 6.92 Å². The van der Waals surface area contributed by atoms with E-state index >= 15 is 0 Å². The van der Waals surface area contributed by atoms with Gasteiger partial charge in [0.05, 0.1) is 11.7 Å². The molecule has 2 aromatic heterocycles. The van der Waals surface area contributed by atoms with E-state index in [4.69, 9.17) is 9.26 Å². The van der Waals surface area contributed by atoms with Gasteiger partial charge < -0.3 is 19.9 Å². The first-order valence-corrected chi connectivity index (χ1v) is 10.2. The number of rotatable bonds is 5. The van der Waals surface area contributed by atoms with Gasteiger partial charge in [-0.25, -0.2) is 0 Å². The lowest BCUT2D eigenvalue weighted by Crippen LogP contribution is -2.32. The van der Waals surface area contributed by atoms with Gasteiger partial charge in [0.2, 0.25) is 0 Å². The van der Waals surface area contributed by atoms with E-state index in [1.807, 2.05) is 0 Å². The fraction of sp³-hybridized carbons (Fsp3) is 0.526. The Morgan fingerprint density at radius 3 is 2.85 bits per heavy atom. The lowest BCUT2D eigenvalue weighted by Gasteiger charge is -2.15. The number of hydrogen-bond donors (Lipinski definition) is 2. The van der Waals surface area contributed by atoms with Crippen LogP contribution in [0.1, 0.15) is 62.5 Å². The van der Waals surface area contributed by atoms with E-state index in [0.717, 1.165) is 50.7 Å². The topological polar surface area (TPSA) is 93.5 Å². The van der Waals surface area contributed by atoms with Crippen LogP contribution >= 0.6 is 11.3 Å². The standard InChI is InChI=1S/C19H23N3O4S/c1-11-10-26-22-16(11)18(24)21-19-15(13-6-2-3-7-14(13)27-19)17(23)20-9-12-5-4-8-25-12/h10,12H,2-9H2,1H3,(H,20,23)(H,21,24). The number of nitrogens with zero attached hydrogens (tertiary/aromatic N) is 1. The Bertz CT molecular complexity index is 851. The molecule has 2 N–H and O–H groups in total. The zero-order valence-corrected chi connectivity index (χ0v) is 16.1. The predicted octanol–water partition coefficient (Wildman–Crippen LogP) is 3.08. The third kappa shape index (κ3) is 3.77. The highest BCUT2D eigenvalue weighted by Crippen LogP contribution is 2.38. The third-order valence-electron chi connectivity index (χ3n) is 5.10. The Kier molecular flexibility index (Phi) is 5.27. The van der Waals surface area contributed by atoms with Crippen LogP contribution < -0.4 is 10.6 Å². The van der Waals surface area contributed by atoms with E-state index in [9.17, 15) is 9.59 Å². The summed E-state index contributed by atoms with van der Waals surface area (Å²) < 4.78 is 10.4. The van der Waals surface area contributed by atoms with Crippen molar-refractivity contribution in [1.82, 2.24) is 10.5 Å². The second-order valence-electron chi connectivity index (χ2n) is 7.06. The minimum atomic E-state index is -0.354. The number of ether oxygens (including phenoxy) is 1. The molecule has 0 radical (unpaired) electrons. The zero-order chi connectivity index (χ0) is 18.8. The largest absolute Gasteiger partial charge is 0.376 e. The second kappa shape index (κ2) is 7.82. The average Bonchev–Trinajstić information content (AvgIpc) is 3.39. The van der Waals surface area contributed by atoms with Crippen molar-refractivity contribution in [3.63, 3.8) is 0 Å². The molecule has 1 fully saturated rings. The zero-order valence-electron chi connectivity index (χ0n) is 15.3. The monoisotopic (exact) mass is 389 g/mol. The number of amides is 2. The normalized spacial score (nSPS) is 18.9. The van der Waals surface area contributed by atoms with E-state index in [-0.39, 0.29) is 23.6 Å². The van der Waals surface area contributed by atoms with Crippen molar-refractivity contribution in [3.05, 3.63) is 33.5 Å². The smallest absolute Gasteiger partial charge is 0.278 e. The van der Waals surface area contributed by atoms with Crippen molar-refractivity contribution in [2.45, 2.75) is 51.6 Å². The number of fused-ring (bicyclic) bond motifs is 1. The number of carbonyl (C=O) groups excluding carboxylic acids is 2. The highest BCUT2D eigenvalue weighted by molar-refractivity contribution is 7.17. The summed E-state index contributed by atoms with van der Waals surface area (Å²) in [7, 11) is 0. The van der Waals surface area contributed by atoms with Crippen molar-refractivity contribution < 1.29 is 18.8 Å². The second-order valence-corrected chi connectivity index (χ2v) is 8.17. The van der Waals surface area contributed by atoms with E-state index in [0.29, 0.717) is 22.7 Å². The van der Waals surface area contributed by atoms with Gasteiger partial charge >= 0.3 is 0 Å². The molecule has 1 aliphatic carbocycles. The van der Waals surface area contributed by atoms with Crippen LogP contribution in [0.15, 0.2) is 10.8 Å². The SMILES string of the molecule is Cc1conc1C(=O)Nc1sc2c(c1C(=O)NCC1CCCO1)CCCC2. The molecule has 27 heavy (non-hydrogen) atoms. The first kappa shape index (κ1) is 18.2. The Morgan fingerprint density at radius 2 is 2.11 bits per heavy atom. The molecule has 1 atom stereocenters. The molecule has 2 aromatic rings. The number of anilines is 1. The van der Waals surface area contributed by atoms with Gasteiger partial charge in [0, 0.05) is 23.6 Å². The molecule has 2 amide bonds. The molecular weight excluding hydrogens is 366 g/mol. The third-order valence-corrected chi connectivity index (χ3v) is 6.31. The summed E-state index contributed by atoms with van der Waals surface area (Å²) in [6.45, 7) is 3.02. The van der Waals surface area contributed by atoms with Gasteiger partial charge in [0.1, 0.15) is 11.3 Å². The van der Waals surface area contributed by atoms with Crippen LogP contribution in [0.4, 0.5) is 5.00 Å². The van der Waals surface area contributed by atoms with Crippen LogP contribution in [0, 0.1) is 6.92 Å². The first-order chi connectivity index (χ1) is 13.1. The number of nitrogens with one attached hydrogen (secondary N) is 2. The van der Waals surface area contributed by atoms with Crippen LogP contribution in [-0.2, 0) is 17.6 Å². The van der Waals surface area contributed by atoms with Crippen molar-refractivity contribution in [3.8, 4) is 0 Å². The summed E-state index contributed by atoms with van der Waals surface area (Å²) in [5.74, 6) is -0.495. The molecule has 1 aliphatic heterocycles. The molecule has 8 heteroatoms. The molecule has 0 bridgehead atoms. The van der Waals surface area contributed by atoms with Crippen molar-refractivity contribution in [2.24, 2.45) is 0 Å². The van der Waals surface area contributed by atoms with Gasteiger partial charge in [-0.1, -0.05) is 5.16 Å². The summed E-state index contributed by atoms with van der Waals surface area (Å²) in [6.07, 6.45) is 7.51. The Hall–Kier alpha value is -2.19. The summed E-state index contributed by atoms with van der Waals surface area (Å²) in [4.78, 5) is 26.7. The van der Waals surface area contributed by atoms with Crippen LogP contribution in [0.25, 0.3) is 0 Å². The lowest BCUT2D eigenvalue weighted by atomic mass is 9.95. The summed E-state index contributed by atoms with van der Waals surface area (Å²) in [5, 5.41) is 10.2. The van der Waals surface area contributed by atoms with E-state index < -0.39 is 0 Å². The van der Waals surface area contributed by atoms with Gasteiger partial charge in [-0.05, 0) is 51.0 Å². The molecule has 4 rings (SSSR count). The molecule has 0 spiro atoms. The van der Waals surface area contributed by atoms with Gasteiger partial charge in [-0.2, -0.15) is 0 Å². The molecule has 3 heterocycles. The molecule has 2 aliphatic rings. The highest BCUT2D eigenvalue weighted by Gasteiger charge is 2.28. The summed E-state index contributed by atoms with van der Waals surface area (Å²) >= 11 is 1.50. The number of aromatic nitrogens is 1. The van der Waals surface area contributed by atoms with E-state index in [2.05, 4.69) is 15.8 Å². The van der Waals surface area contributed by atoms with Gasteiger partial charge in [-0.3, -0.25) is 9.59 Å². The molecule has 0 aromatic carbocycles. The molecule has 0 saturated carbocycles. The average molecular weight is 389 g/mol. The van der Waals surface area contributed by atoms with E-state index in [1.165, 1.54) is 22.5 Å². The van der Waals surface area contributed by atoms with Crippen molar-refractivity contribution >= 4 is 28.2 Å². The number of hydrogen-bond acceptors (Lipinski definition) is 6. The number of carbonyl (C=O) groups is 2. The minimum absolute atomic E-state index is 0.0826. The predicted molar refractivity (Wildman–Crippen MR) is 101 cm³/mol. The van der Waals surface area contributed by atoms with Gasteiger partial charge in [0.25, 0.3) is 11.8 Å². The van der Waals surface area contributed by atoms with Crippen molar-refractivity contribution in [2.75, 3.05) is 18.5 Å².